The number of carbonyl (C=O) groups excluding carboxylic acids is 1. The molecule has 0 spiro atoms. The monoisotopic (exact) mass is 456 g/mol. The van der Waals surface area contributed by atoms with Crippen molar-refractivity contribution >= 4 is 35.1 Å². The molecular weight excluding hydrogens is 439 g/mol. The summed E-state index contributed by atoms with van der Waals surface area (Å²) >= 11 is 12.0. The van der Waals surface area contributed by atoms with E-state index >= 15 is 0 Å². The minimum atomic E-state index is -0.418. The van der Waals surface area contributed by atoms with Crippen LogP contribution in [0.15, 0.2) is 65.3 Å². The van der Waals surface area contributed by atoms with E-state index in [4.69, 9.17) is 32.4 Å². The standard InChI is InChI=1S/C22H18Cl2N4O3/c1-14-4-6-15(7-5-14)21-26-22(25-12-17-3-2-10-30-17)28(27-21)20(29)13-31-19-9-8-16(23)11-18(19)24/h2-11H,12-13H2,1H3,(H,25,26,27). The molecule has 0 fully saturated rings. The Morgan fingerprint density at radius 2 is 1.97 bits per heavy atom. The van der Waals surface area contributed by atoms with Crippen LogP contribution in [0.25, 0.3) is 11.4 Å². The van der Waals surface area contributed by atoms with Crippen molar-refractivity contribution < 1.29 is 13.9 Å². The first-order valence-electron chi connectivity index (χ1n) is 9.41. The Morgan fingerprint density at radius 1 is 1.16 bits per heavy atom. The van der Waals surface area contributed by atoms with Crippen molar-refractivity contribution in [1.29, 1.82) is 0 Å². The lowest BCUT2D eigenvalue weighted by atomic mass is 10.1. The van der Waals surface area contributed by atoms with Gasteiger partial charge in [0.15, 0.2) is 12.4 Å². The van der Waals surface area contributed by atoms with Crippen LogP contribution in [0, 0.1) is 6.92 Å². The van der Waals surface area contributed by atoms with Gasteiger partial charge in [0.1, 0.15) is 11.5 Å². The Bertz CT molecular complexity index is 1190. The third-order valence-electron chi connectivity index (χ3n) is 4.40. The Morgan fingerprint density at radius 3 is 2.68 bits per heavy atom. The van der Waals surface area contributed by atoms with E-state index in [1.54, 1.807) is 30.5 Å². The van der Waals surface area contributed by atoms with Gasteiger partial charge in [0.05, 0.1) is 17.8 Å². The number of hydrogen-bond donors (Lipinski definition) is 1. The molecule has 0 bridgehead atoms. The van der Waals surface area contributed by atoms with Crippen LogP contribution in [0.2, 0.25) is 10.0 Å². The molecule has 7 nitrogen and oxygen atoms in total. The number of nitrogens with zero attached hydrogens (tertiary/aromatic N) is 3. The molecule has 9 heteroatoms. The van der Waals surface area contributed by atoms with Crippen LogP contribution in [0.1, 0.15) is 16.1 Å². The Hall–Kier alpha value is -3.29. The quantitative estimate of drug-likeness (QED) is 0.396. The zero-order valence-corrected chi connectivity index (χ0v) is 18.0. The lowest BCUT2D eigenvalue weighted by Gasteiger charge is -2.09. The number of hydrogen-bond acceptors (Lipinski definition) is 6. The van der Waals surface area contributed by atoms with Gasteiger partial charge in [-0.2, -0.15) is 9.67 Å². The van der Waals surface area contributed by atoms with Crippen LogP contribution in [0.5, 0.6) is 5.75 Å². The molecule has 0 unspecified atom stereocenters. The van der Waals surface area contributed by atoms with E-state index in [0.29, 0.717) is 33.9 Å². The molecule has 0 atom stereocenters. The van der Waals surface area contributed by atoms with Gasteiger partial charge in [-0.25, -0.2) is 0 Å². The van der Waals surface area contributed by atoms with Crippen molar-refractivity contribution in [3.05, 3.63) is 82.2 Å². The molecule has 0 aliphatic heterocycles. The molecule has 4 aromatic rings. The summed E-state index contributed by atoms with van der Waals surface area (Å²) < 4.78 is 12.1. The van der Waals surface area contributed by atoms with Gasteiger partial charge in [0.2, 0.25) is 5.95 Å². The number of furan rings is 1. The minimum absolute atomic E-state index is 0.280. The summed E-state index contributed by atoms with van der Waals surface area (Å²) in [5.74, 6) is 1.33. The fraction of sp³-hybridized carbons (Fsp3) is 0.136. The van der Waals surface area contributed by atoms with Crippen molar-refractivity contribution in [3.63, 3.8) is 0 Å². The maximum Gasteiger partial charge on any atom is 0.287 e. The van der Waals surface area contributed by atoms with Gasteiger partial charge in [-0.05, 0) is 37.3 Å². The molecule has 2 heterocycles. The SMILES string of the molecule is Cc1ccc(-c2nc(NCc3ccco3)n(C(=O)COc3ccc(Cl)cc3Cl)n2)cc1. The number of anilines is 1. The first kappa shape index (κ1) is 21.0. The smallest absolute Gasteiger partial charge is 0.287 e. The summed E-state index contributed by atoms with van der Waals surface area (Å²) in [6.45, 7) is 2.05. The number of benzene rings is 2. The van der Waals surface area contributed by atoms with Crippen molar-refractivity contribution in [1.82, 2.24) is 14.8 Å². The molecule has 0 aliphatic rings. The van der Waals surface area contributed by atoms with E-state index in [2.05, 4.69) is 15.4 Å². The highest BCUT2D eigenvalue weighted by Gasteiger charge is 2.18. The highest BCUT2D eigenvalue weighted by atomic mass is 35.5. The second-order valence-electron chi connectivity index (χ2n) is 6.73. The van der Waals surface area contributed by atoms with Gasteiger partial charge in [-0.1, -0.05) is 53.0 Å². The molecule has 4 rings (SSSR count). The molecule has 2 aromatic heterocycles. The second-order valence-corrected chi connectivity index (χ2v) is 7.57. The van der Waals surface area contributed by atoms with E-state index in [0.717, 1.165) is 11.1 Å². The number of aromatic nitrogens is 3. The van der Waals surface area contributed by atoms with Crippen LogP contribution in [-0.4, -0.2) is 27.3 Å². The molecule has 31 heavy (non-hydrogen) atoms. The number of aryl methyl sites for hydroxylation is 1. The fourth-order valence-corrected chi connectivity index (χ4v) is 3.26. The number of halogens is 2. The summed E-state index contributed by atoms with van der Waals surface area (Å²) in [7, 11) is 0. The summed E-state index contributed by atoms with van der Waals surface area (Å²) in [4.78, 5) is 17.4. The molecule has 158 valence electrons. The van der Waals surface area contributed by atoms with Gasteiger partial charge < -0.3 is 14.5 Å². The molecule has 0 amide bonds. The number of rotatable bonds is 7. The molecule has 1 N–H and O–H groups in total. The lowest BCUT2D eigenvalue weighted by molar-refractivity contribution is 0.0824. The maximum absolute atomic E-state index is 12.9. The first-order valence-corrected chi connectivity index (χ1v) is 10.2. The van der Waals surface area contributed by atoms with Crippen LogP contribution >= 0.6 is 23.2 Å². The number of carbonyl (C=O) groups is 1. The third-order valence-corrected chi connectivity index (χ3v) is 4.93. The summed E-state index contributed by atoms with van der Waals surface area (Å²) in [6, 6.07) is 16.1. The van der Waals surface area contributed by atoms with Gasteiger partial charge >= 0.3 is 0 Å². The topological polar surface area (TPSA) is 82.2 Å². The average molecular weight is 457 g/mol. The average Bonchev–Trinajstić information content (AvgIpc) is 3.42. The molecule has 0 saturated carbocycles. The van der Waals surface area contributed by atoms with Gasteiger partial charge in [-0.3, -0.25) is 4.79 Å². The molecule has 0 radical (unpaired) electrons. The zero-order valence-electron chi connectivity index (χ0n) is 16.5. The normalized spacial score (nSPS) is 10.8. The Labute approximate surface area is 188 Å². The fourth-order valence-electron chi connectivity index (χ4n) is 2.80. The number of ether oxygens (including phenoxy) is 1. The highest BCUT2D eigenvalue weighted by Crippen LogP contribution is 2.27. The van der Waals surface area contributed by atoms with Crippen molar-refractivity contribution in [2.24, 2.45) is 0 Å². The van der Waals surface area contributed by atoms with Crippen LogP contribution in [-0.2, 0) is 6.54 Å². The first-order chi connectivity index (χ1) is 15.0. The predicted molar refractivity (Wildman–Crippen MR) is 119 cm³/mol. The van der Waals surface area contributed by atoms with Gasteiger partial charge in [-0.15, -0.1) is 5.10 Å². The minimum Gasteiger partial charge on any atom is -0.482 e. The summed E-state index contributed by atoms with van der Waals surface area (Å²) in [5, 5.41) is 8.27. The molecule has 2 aromatic carbocycles. The van der Waals surface area contributed by atoms with Crippen molar-refractivity contribution in [2.45, 2.75) is 13.5 Å². The van der Waals surface area contributed by atoms with E-state index in [9.17, 15) is 4.79 Å². The van der Waals surface area contributed by atoms with Gasteiger partial charge in [0, 0.05) is 10.6 Å². The highest BCUT2D eigenvalue weighted by molar-refractivity contribution is 6.35. The maximum atomic E-state index is 12.9. The van der Waals surface area contributed by atoms with E-state index < -0.39 is 5.91 Å². The zero-order chi connectivity index (χ0) is 21.8. The summed E-state index contributed by atoms with van der Waals surface area (Å²) in [6.07, 6.45) is 1.58. The number of nitrogens with one attached hydrogen (secondary N) is 1. The van der Waals surface area contributed by atoms with Crippen molar-refractivity contribution in [3.8, 4) is 17.1 Å². The van der Waals surface area contributed by atoms with Crippen LogP contribution < -0.4 is 10.1 Å². The predicted octanol–water partition coefficient (Wildman–Crippen LogP) is 5.48. The lowest BCUT2D eigenvalue weighted by Crippen LogP contribution is -2.22. The van der Waals surface area contributed by atoms with Gasteiger partial charge in [0.25, 0.3) is 5.91 Å². The van der Waals surface area contributed by atoms with E-state index in [1.807, 2.05) is 37.3 Å². The third kappa shape index (κ3) is 5.07. The molecular formula is C22H18Cl2N4O3. The van der Waals surface area contributed by atoms with Crippen molar-refractivity contribution in [2.75, 3.05) is 11.9 Å². The molecule has 0 aliphatic carbocycles. The Balaban J connectivity index is 1.57. The van der Waals surface area contributed by atoms with Crippen LogP contribution in [0.3, 0.4) is 0 Å². The van der Waals surface area contributed by atoms with E-state index in [1.165, 1.54) is 4.68 Å². The van der Waals surface area contributed by atoms with E-state index in [-0.39, 0.29) is 12.6 Å². The summed E-state index contributed by atoms with van der Waals surface area (Å²) in [5.41, 5.74) is 1.91. The second kappa shape index (κ2) is 9.24. The Kier molecular flexibility index (Phi) is 6.25. The molecule has 0 saturated heterocycles. The van der Waals surface area contributed by atoms with Crippen LogP contribution in [0.4, 0.5) is 5.95 Å². The largest absolute Gasteiger partial charge is 0.482 e.